The Hall–Kier alpha value is -0.770. The van der Waals surface area contributed by atoms with Gasteiger partial charge in [0, 0.05) is 13.1 Å². The third-order valence-corrected chi connectivity index (χ3v) is 2.52. The van der Waals surface area contributed by atoms with Gasteiger partial charge < -0.3 is 14.8 Å². The largest absolute Gasteiger partial charge is 0.491 e. The van der Waals surface area contributed by atoms with E-state index in [4.69, 9.17) is 9.47 Å². The van der Waals surface area contributed by atoms with Gasteiger partial charge in [-0.15, -0.1) is 12.4 Å². The van der Waals surface area contributed by atoms with Gasteiger partial charge in [0.25, 0.3) is 0 Å². The third kappa shape index (κ3) is 3.67. The first-order chi connectivity index (χ1) is 7.36. The van der Waals surface area contributed by atoms with Crippen LogP contribution in [0.4, 0.5) is 0 Å². The highest BCUT2D eigenvalue weighted by molar-refractivity contribution is 5.85. The van der Waals surface area contributed by atoms with Gasteiger partial charge in [-0.1, -0.05) is 18.2 Å². The molecule has 1 atom stereocenters. The summed E-state index contributed by atoms with van der Waals surface area (Å²) in [5, 5.41) is 3.28. The number of hydrogen-bond acceptors (Lipinski definition) is 3. The van der Waals surface area contributed by atoms with Crippen LogP contribution >= 0.6 is 12.4 Å². The fourth-order valence-corrected chi connectivity index (χ4v) is 1.63. The molecule has 2 rings (SSSR count). The van der Waals surface area contributed by atoms with Crippen LogP contribution < -0.4 is 10.1 Å². The van der Waals surface area contributed by atoms with E-state index in [2.05, 4.69) is 18.3 Å². The molecule has 1 aromatic carbocycles. The van der Waals surface area contributed by atoms with E-state index in [1.54, 1.807) is 0 Å². The Kier molecular flexibility index (Phi) is 5.60. The lowest BCUT2D eigenvalue weighted by Gasteiger charge is -2.23. The number of morpholine rings is 1. The quantitative estimate of drug-likeness (QED) is 0.878. The van der Waals surface area contributed by atoms with E-state index in [0.717, 1.165) is 25.4 Å². The van der Waals surface area contributed by atoms with E-state index in [9.17, 15) is 0 Å². The zero-order valence-corrected chi connectivity index (χ0v) is 10.3. The number of hydrogen-bond donors (Lipinski definition) is 1. The van der Waals surface area contributed by atoms with Gasteiger partial charge in [-0.3, -0.25) is 0 Å². The Morgan fingerprint density at radius 1 is 1.44 bits per heavy atom. The fraction of sp³-hybridized carbons (Fsp3) is 0.500. The molecule has 1 aliphatic heterocycles. The van der Waals surface area contributed by atoms with E-state index in [1.165, 1.54) is 5.56 Å². The van der Waals surface area contributed by atoms with Crippen molar-refractivity contribution in [3.63, 3.8) is 0 Å². The van der Waals surface area contributed by atoms with Crippen molar-refractivity contribution in [2.24, 2.45) is 0 Å². The average Bonchev–Trinajstić information content (AvgIpc) is 2.29. The molecule has 4 heteroatoms. The first-order valence-electron chi connectivity index (χ1n) is 5.37. The fourth-order valence-electron chi connectivity index (χ4n) is 1.63. The molecule has 1 saturated heterocycles. The second kappa shape index (κ2) is 6.74. The predicted octanol–water partition coefficient (Wildman–Crippen LogP) is 1.78. The Morgan fingerprint density at radius 2 is 2.25 bits per heavy atom. The molecule has 1 unspecified atom stereocenters. The van der Waals surface area contributed by atoms with E-state index in [-0.39, 0.29) is 18.5 Å². The van der Waals surface area contributed by atoms with Crippen molar-refractivity contribution in [1.82, 2.24) is 5.32 Å². The maximum absolute atomic E-state index is 5.71. The predicted molar refractivity (Wildman–Crippen MR) is 66.5 cm³/mol. The van der Waals surface area contributed by atoms with Crippen LogP contribution in [0.3, 0.4) is 0 Å². The Morgan fingerprint density at radius 3 is 2.94 bits per heavy atom. The minimum Gasteiger partial charge on any atom is -0.491 e. The summed E-state index contributed by atoms with van der Waals surface area (Å²) in [7, 11) is 0. The van der Waals surface area contributed by atoms with Crippen molar-refractivity contribution in [1.29, 1.82) is 0 Å². The normalized spacial score (nSPS) is 19.9. The van der Waals surface area contributed by atoms with Crippen LogP contribution in [0.25, 0.3) is 0 Å². The standard InChI is InChI=1S/C12H17NO2.ClH/c1-10-4-2-3-5-12(10)15-9-11-8-13-6-7-14-11;/h2-5,11,13H,6-9H2,1H3;1H. The zero-order chi connectivity index (χ0) is 10.5. The second-order valence-corrected chi connectivity index (χ2v) is 3.77. The van der Waals surface area contributed by atoms with Gasteiger partial charge in [0.2, 0.25) is 0 Å². The van der Waals surface area contributed by atoms with Crippen LogP contribution in [0.2, 0.25) is 0 Å². The van der Waals surface area contributed by atoms with Gasteiger partial charge in [-0.25, -0.2) is 0 Å². The Labute approximate surface area is 103 Å². The lowest BCUT2D eigenvalue weighted by Crippen LogP contribution is -2.41. The summed E-state index contributed by atoms with van der Waals surface area (Å²) >= 11 is 0. The number of ether oxygens (including phenoxy) is 2. The molecule has 0 aliphatic carbocycles. The highest BCUT2D eigenvalue weighted by atomic mass is 35.5. The number of rotatable bonds is 3. The minimum absolute atomic E-state index is 0. The molecule has 90 valence electrons. The topological polar surface area (TPSA) is 30.5 Å². The lowest BCUT2D eigenvalue weighted by molar-refractivity contribution is 0.0000675. The van der Waals surface area contributed by atoms with E-state index >= 15 is 0 Å². The summed E-state index contributed by atoms with van der Waals surface area (Å²) in [6, 6.07) is 8.05. The van der Waals surface area contributed by atoms with Gasteiger partial charge in [-0.05, 0) is 18.6 Å². The molecular weight excluding hydrogens is 226 g/mol. The van der Waals surface area contributed by atoms with Gasteiger partial charge in [0.05, 0.1) is 6.61 Å². The number of halogens is 1. The molecule has 0 bridgehead atoms. The summed E-state index contributed by atoms with van der Waals surface area (Å²) in [4.78, 5) is 0. The van der Waals surface area contributed by atoms with Crippen LogP contribution in [-0.2, 0) is 4.74 Å². The first-order valence-corrected chi connectivity index (χ1v) is 5.37. The van der Waals surface area contributed by atoms with Crippen LogP contribution in [-0.4, -0.2) is 32.4 Å². The summed E-state index contributed by atoms with van der Waals surface area (Å²) in [5.74, 6) is 0.951. The molecule has 0 aromatic heterocycles. The molecule has 0 amide bonds. The van der Waals surface area contributed by atoms with Crippen molar-refractivity contribution in [2.75, 3.05) is 26.3 Å². The number of benzene rings is 1. The number of aryl methyl sites for hydroxylation is 1. The summed E-state index contributed by atoms with van der Waals surface area (Å²) < 4.78 is 11.3. The van der Waals surface area contributed by atoms with Gasteiger partial charge >= 0.3 is 0 Å². The molecule has 1 aromatic rings. The van der Waals surface area contributed by atoms with Gasteiger partial charge in [0.1, 0.15) is 18.5 Å². The highest BCUT2D eigenvalue weighted by Gasteiger charge is 2.13. The summed E-state index contributed by atoms with van der Waals surface area (Å²) in [6.07, 6.45) is 0.179. The highest BCUT2D eigenvalue weighted by Crippen LogP contribution is 2.16. The van der Waals surface area contributed by atoms with Crippen LogP contribution in [0.5, 0.6) is 5.75 Å². The molecule has 0 saturated carbocycles. The van der Waals surface area contributed by atoms with Crippen molar-refractivity contribution >= 4 is 12.4 Å². The monoisotopic (exact) mass is 243 g/mol. The van der Waals surface area contributed by atoms with Crippen LogP contribution in [0, 0.1) is 6.92 Å². The van der Waals surface area contributed by atoms with Gasteiger partial charge in [0.15, 0.2) is 0 Å². The average molecular weight is 244 g/mol. The maximum Gasteiger partial charge on any atom is 0.122 e. The van der Waals surface area contributed by atoms with Crippen molar-refractivity contribution in [3.8, 4) is 5.75 Å². The molecule has 0 radical (unpaired) electrons. The van der Waals surface area contributed by atoms with Crippen molar-refractivity contribution in [3.05, 3.63) is 29.8 Å². The molecular formula is C12H18ClNO2. The maximum atomic E-state index is 5.71. The summed E-state index contributed by atoms with van der Waals surface area (Å²) in [5.41, 5.74) is 1.17. The smallest absolute Gasteiger partial charge is 0.122 e. The van der Waals surface area contributed by atoms with Crippen LogP contribution in [0.15, 0.2) is 24.3 Å². The molecule has 1 heterocycles. The van der Waals surface area contributed by atoms with Crippen molar-refractivity contribution < 1.29 is 9.47 Å². The van der Waals surface area contributed by atoms with E-state index < -0.39 is 0 Å². The number of nitrogens with one attached hydrogen (secondary N) is 1. The second-order valence-electron chi connectivity index (χ2n) is 3.77. The first kappa shape index (κ1) is 13.3. The van der Waals surface area contributed by atoms with E-state index in [0.29, 0.717) is 6.61 Å². The molecule has 3 nitrogen and oxygen atoms in total. The van der Waals surface area contributed by atoms with Crippen molar-refractivity contribution in [2.45, 2.75) is 13.0 Å². The van der Waals surface area contributed by atoms with Gasteiger partial charge in [-0.2, -0.15) is 0 Å². The molecule has 1 aliphatic rings. The van der Waals surface area contributed by atoms with E-state index in [1.807, 2.05) is 18.2 Å². The third-order valence-electron chi connectivity index (χ3n) is 2.52. The molecule has 1 fully saturated rings. The lowest BCUT2D eigenvalue weighted by atomic mass is 10.2. The Bertz CT molecular complexity index is 314. The SMILES string of the molecule is Cc1ccccc1OCC1CNCCO1.Cl. The summed E-state index contributed by atoms with van der Waals surface area (Å²) in [6.45, 7) is 5.28. The molecule has 1 N–H and O–H groups in total. The molecule has 16 heavy (non-hydrogen) atoms. The zero-order valence-electron chi connectivity index (χ0n) is 9.44. The Balaban J connectivity index is 0.00000128. The van der Waals surface area contributed by atoms with Crippen LogP contribution in [0.1, 0.15) is 5.56 Å². The molecule has 0 spiro atoms. The number of para-hydroxylation sites is 1. The minimum atomic E-state index is 0.